The molecule has 110 valence electrons. The number of anilines is 1. The van der Waals surface area contributed by atoms with Crippen LogP contribution in [-0.4, -0.2) is 30.0 Å². The van der Waals surface area contributed by atoms with E-state index in [-0.39, 0.29) is 18.6 Å². The molecule has 1 unspecified atom stereocenters. The van der Waals surface area contributed by atoms with Crippen molar-refractivity contribution in [1.82, 2.24) is 0 Å². The van der Waals surface area contributed by atoms with Crippen LogP contribution in [0.5, 0.6) is 0 Å². The highest BCUT2D eigenvalue weighted by Gasteiger charge is 2.31. The summed E-state index contributed by atoms with van der Waals surface area (Å²) in [5, 5.41) is 9.40. The molecule has 0 saturated heterocycles. The van der Waals surface area contributed by atoms with Crippen LogP contribution in [0.3, 0.4) is 0 Å². The molecule has 1 aliphatic rings. The fraction of sp³-hybridized carbons (Fsp3) is 0.562. The third kappa shape index (κ3) is 2.96. The predicted octanol–water partition coefficient (Wildman–Crippen LogP) is 3.08. The third-order valence-electron chi connectivity index (χ3n) is 3.44. The molecule has 1 aromatic rings. The highest BCUT2D eigenvalue weighted by atomic mass is 16.6. The second-order valence-electron chi connectivity index (χ2n) is 6.32. The zero-order valence-corrected chi connectivity index (χ0v) is 12.6. The highest BCUT2D eigenvalue weighted by molar-refractivity contribution is 5.92. The van der Waals surface area contributed by atoms with E-state index in [9.17, 15) is 9.90 Å². The molecule has 0 spiro atoms. The van der Waals surface area contributed by atoms with Crippen molar-refractivity contribution < 1.29 is 14.6 Å². The molecule has 1 amide bonds. The van der Waals surface area contributed by atoms with Gasteiger partial charge in [0.05, 0.1) is 5.69 Å². The Bertz CT molecular complexity index is 505. The maximum absolute atomic E-state index is 12.3. The molecule has 4 nitrogen and oxygen atoms in total. The first kappa shape index (κ1) is 14.9. The van der Waals surface area contributed by atoms with E-state index in [1.807, 2.05) is 45.9 Å². The molecule has 0 saturated carbocycles. The van der Waals surface area contributed by atoms with Gasteiger partial charge >= 0.3 is 6.09 Å². The van der Waals surface area contributed by atoms with Crippen molar-refractivity contribution in [2.45, 2.75) is 45.6 Å². The number of rotatable bonds is 2. The molecule has 1 aliphatic heterocycles. The topological polar surface area (TPSA) is 49.8 Å². The molecule has 20 heavy (non-hydrogen) atoms. The number of hydrogen-bond acceptors (Lipinski definition) is 3. The fourth-order valence-corrected chi connectivity index (χ4v) is 2.48. The maximum Gasteiger partial charge on any atom is 0.414 e. The average Bonchev–Trinajstić information content (AvgIpc) is 2.79. The van der Waals surface area contributed by atoms with Gasteiger partial charge in [0.1, 0.15) is 5.60 Å². The molecule has 1 atom stereocenters. The van der Waals surface area contributed by atoms with Crippen LogP contribution >= 0.6 is 0 Å². The van der Waals surface area contributed by atoms with Gasteiger partial charge in [0, 0.05) is 19.1 Å². The Balaban J connectivity index is 2.34. The van der Waals surface area contributed by atoms with Gasteiger partial charge in [0.25, 0.3) is 0 Å². The second kappa shape index (κ2) is 5.44. The first-order chi connectivity index (χ1) is 9.33. The van der Waals surface area contributed by atoms with Gasteiger partial charge < -0.3 is 9.84 Å². The standard InChI is InChI=1S/C16H23NO3/c1-11(10-18)13-7-5-6-12-8-9-17(14(12)13)15(19)20-16(2,3)4/h5-7,11,18H,8-10H2,1-4H3. The SMILES string of the molecule is CC(CO)c1cccc2c1N(C(=O)OC(C)(C)C)CC2. The van der Waals surface area contributed by atoms with Crippen molar-refractivity contribution in [1.29, 1.82) is 0 Å². The molecular weight excluding hydrogens is 254 g/mol. The van der Waals surface area contributed by atoms with Crippen LogP contribution < -0.4 is 4.90 Å². The lowest BCUT2D eigenvalue weighted by Gasteiger charge is -2.26. The van der Waals surface area contributed by atoms with Crippen molar-refractivity contribution in [2.24, 2.45) is 0 Å². The van der Waals surface area contributed by atoms with Crippen LogP contribution in [0.2, 0.25) is 0 Å². The van der Waals surface area contributed by atoms with Crippen LogP contribution in [0.15, 0.2) is 18.2 Å². The van der Waals surface area contributed by atoms with Gasteiger partial charge in [-0.15, -0.1) is 0 Å². The normalized spacial score (nSPS) is 15.9. The Hall–Kier alpha value is -1.55. The van der Waals surface area contributed by atoms with Gasteiger partial charge in [-0.1, -0.05) is 25.1 Å². The third-order valence-corrected chi connectivity index (χ3v) is 3.44. The second-order valence-corrected chi connectivity index (χ2v) is 6.32. The van der Waals surface area contributed by atoms with Gasteiger partial charge in [-0.3, -0.25) is 4.90 Å². The summed E-state index contributed by atoms with van der Waals surface area (Å²) in [5.41, 5.74) is 2.57. The zero-order chi connectivity index (χ0) is 14.9. The number of carbonyl (C=O) groups excluding carboxylic acids is 1. The molecule has 2 rings (SSSR count). The van der Waals surface area contributed by atoms with Crippen LogP contribution in [0.4, 0.5) is 10.5 Å². The van der Waals surface area contributed by atoms with E-state index in [1.54, 1.807) is 4.90 Å². The summed E-state index contributed by atoms with van der Waals surface area (Å²) in [4.78, 5) is 14.0. The number of ether oxygens (including phenoxy) is 1. The lowest BCUT2D eigenvalue weighted by molar-refractivity contribution is 0.0583. The molecule has 0 aliphatic carbocycles. The average molecular weight is 277 g/mol. The smallest absolute Gasteiger partial charge is 0.414 e. The van der Waals surface area contributed by atoms with E-state index in [0.717, 1.165) is 23.2 Å². The maximum atomic E-state index is 12.3. The first-order valence-corrected chi connectivity index (χ1v) is 7.06. The van der Waals surface area contributed by atoms with Gasteiger partial charge in [-0.25, -0.2) is 4.79 Å². The van der Waals surface area contributed by atoms with E-state index in [1.165, 1.54) is 0 Å². The minimum absolute atomic E-state index is 0.00740. The molecule has 1 heterocycles. The van der Waals surface area contributed by atoms with E-state index in [2.05, 4.69) is 0 Å². The number of aliphatic hydroxyl groups is 1. The summed E-state index contributed by atoms with van der Waals surface area (Å²) in [5.74, 6) is 0.00740. The molecule has 1 aromatic carbocycles. The van der Waals surface area contributed by atoms with Crippen LogP contribution in [0.1, 0.15) is 44.7 Å². The van der Waals surface area contributed by atoms with Crippen molar-refractivity contribution in [2.75, 3.05) is 18.1 Å². The molecule has 1 N–H and O–H groups in total. The molecule has 0 bridgehead atoms. The summed E-state index contributed by atoms with van der Waals surface area (Å²) in [6.45, 7) is 8.26. The van der Waals surface area contributed by atoms with Gasteiger partial charge in [0.15, 0.2) is 0 Å². The van der Waals surface area contributed by atoms with Crippen LogP contribution in [-0.2, 0) is 11.2 Å². The van der Waals surface area contributed by atoms with Gasteiger partial charge in [0.2, 0.25) is 0 Å². The lowest BCUT2D eigenvalue weighted by atomic mass is 9.97. The fourth-order valence-electron chi connectivity index (χ4n) is 2.48. The molecule has 0 radical (unpaired) electrons. The Kier molecular flexibility index (Phi) is 4.04. The monoisotopic (exact) mass is 277 g/mol. The predicted molar refractivity (Wildman–Crippen MR) is 79.2 cm³/mol. The molecule has 0 fully saturated rings. The summed E-state index contributed by atoms with van der Waals surface area (Å²) in [6.07, 6.45) is 0.523. The van der Waals surface area contributed by atoms with Crippen molar-refractivity contribution in [3.63, 3.8) is 0 Å². The minimum atomic E-state index is -0.503. The highest BCUT2D eigenvalue weighted by Crippen LogP contribution is 2.36. The molecule has 4 heteroatoms. The zero-order valence-electron chi connectivity index (χ0n) is 12.6. The van der Waals surface area contributed by atoms with Crippen molar-refractivity contribution in [3.05, 3.63) is 29.3 Å². The number of aliphatic hydroxyl groups excluding tert-OH is 1. The number of amides is 1. The molecular formula is C16H23NO3. The Labute approximate surface area is 120 Å². The summed E-state index contributed by atoms with van der Waals surface area (Å²) >= 11 is 0. The quantitative estimate of drug-likeness (QED) is 0.903. The number of nitrogens with zero attached hydrogens (tertiary/aromatic N) is 1. The lowest BCUT2D eigenvalue weighted by Crippen LogP contribution is -2.36. The van der Waals surface area contributed by atoms with E-state index >= 15 is 0 Å². The van der Waals surface area contributed by atoms with Crippen molar-refractivity contribution in [3.8, 4) is 0 Å². The number of para-hydroxylation sites is 1. The number of benzene rings is 1. The first-order valence-electron chi connectivity index (χ1n) is 7.06. The largest absolute Gasteiger partial charge is 0.443 e. The number of fused-ring (bicyclic) bond motifs is 1. The van der Waals surface area contributed by atoms with Gasteiger partial charge in [-0.2, -0.15) is 0 Å². The minimum Gasteiger partial charge on any atom is -0.443 e. The molecule has 0 aromatic heterocycles. The van der Waals surface area contributed by atoms with E-state index in [0.29, 0.717) is 6.54 Å². The summed E-state index contributed by atoms with van der Waals surface area (Å²) in [6, 6.07) is 5.99. The Morgan fingerprint density at radius 3 is 2.75 bits per heavy atom. The summed E-state index contributed by atoms with van der Waals surface area (Å²) in [7, 11) is 0. The van der Waals surface area contributed by atoms with Crippen molar-refractivity contribution >= 4 is 11.8 Å². The Morgan fingerprint density at radius 1 is 1.45 bits per heavy atom. The number of hydrogen-bond donors (Lipinski definition) is 1. The van der Waals surface area contributed by atoms with Crippen LogP contribution in [0, 0.1) is 0 Å². The summed E-state index contributed by atoms with van der Waals surface area (Å²) < 4.78 is 5.47. The number of carbonyl (C=O) groups is 1. The van der Waals surface area contributed by atoms with E-state index in [4.69, 9.17) is 4.74 Å². The van der Waals surface area contributed by atoms with Crippen LogP contribution in [0.25, 0.3) is 0 Å². The van der Waals surface area contributed by atoms with E-state index < -0.39 is 5.60 Å². The van der Waals surface area contributed by atoms with Gasteiger partial charge in [-0.05, 0) is 38.3 Å². The Morgan fingerprint density at radius 2 is 2.15 bits per heavy atom.